The number of carbonyl (C=O) groups is 2. The van der Waals surface area contributed by atoms with Gasteiger partial charge in [-0.05, 0) is 25.8 Å². The van der Waals surface area contributed by atoms with E-state index in [1.165, 1.54) is 0 Å². The van der Waals surface area contributed by atoms with E-state index in [1.54, 1.807) is 11.9 Å². The van der Waals surface area contributed by atoms with Gasteiger partial charge in [0.2, 0.25) is 11.8 Å². The van der Waals surface area contributed by atoms with E-state index in [-0.39, 0.29) is 30.8 Å². The van der Waals surface area contributed by atoms with Crippen molar-refractivity contribution < 1.29 is 9.59 Å². The maximum atomic E-state index is 12.0. The summed E-state index contributed by atoms with van der Waals surface area (Å²) in [7, 11) is 1.59. The van der Waals surface area contributed by atoms with Crippen molar-refractivity contribution in [3.63, 3.8) is 0 Å². The molecule has 18 heavy (non-hydrogen) atoms. The Labute approximate surface area is 115 Å². The topological polar surface area (TPSA) is 61.4 Å². The van der Waals surface area contributed by atoms with E-state index in [1.807, 2.05) is 6.92 Å². The van der Waals surface area contributed by atoms with Gasteiger partial charge in [0.15, 0.2) is 0 Å². The molecule has 0 aromatic carbocycles. The van der Waals surface area contributed by atoms with Crippen LogP contribution in [0.3, 0.4) is 0 Å². The zero-order chi connectivity index (χ0) is 12.7. The van der Waals surface area contributed by atoms with Crippen LogP contribution in [0.5, 0.6) is 0 Å². The lowest BCUT2D eigenvalue weighted by atomic mass is 10.1. The lowest BCUT2D eigenvalue weighted by Gasteiger charge is -2.22. The number of hydrogen-bond acceptors (Lipinski definition) is 3. The Bertz CT molecular complexity index is 268. The fraction of sp³-hybridized carbons (Fsp3) is 0.833. The van der Waals surface area contributed by atoms with E-state index in [9.17, 15) is 9.59 Å². The maximum absolute atomic E-state index is 12.0. The van der Waals surface area contributed by atoms with Crippen LogP contribution in [0.1, 0.15) is 32.6 Å². The van der Waals surface area contributed by atoms with Crippen LogP contribution in [0.15, 0.2) is 0 Å². The summed E-state index contributed by atoms with van der Waals surface area (Å²) >= 11 is 0. The second kappa shape index (κ2) is 9.16. The molecule has 1 saturated heterocycles. The minimum absolute atomic E-state index is 0. The van der Waals surface area contributed by atoms with Gasteiger partial charge >= 0.3 is 0 Å². The van der Waals surface area contributed by atoms with Gasteiger partial charge in [-0.3, -0.25) is 9.59 Å². The number of hydrogen-bond donors (Lipinski definition) is 2. The lowest BCUT2D eigenvalue weighted by molar-refractivity contribution is -0.136. The summed E-state index contributed by atoms with van der Waals surface area (Å²) in [6.45, 7) is 3.84. The Morgan fingerprint density at radius 1 is 1.44 bits per heavy atom. The number of nitrogens with one attached hydrogen (secondary N) is 2. The molecule has 106 valence electrons. The first-order valence-electron chi connectivity index (χ1n) is 6.39. The highest BCUT2D eigenvalue weighted by Gasteiger charge is 2.22. The molecule has 2 N–H and O–H groups in total. The number of halogens is 1. The molecule has 0 radical (unpaired) electrons. The van der Waals surface area contributed by atoms with Crippen LogP contribution >= 0.6 is 12.4 Å². The molecule has 1 rings (SSSR count). The number of amides is 2. The SMILES string of the molecule is CCCN(CC(=O)NC)C(=O)CC1CCCN1.Cl. The number of rotatable bonds is 6. The first kappa shape index (κ1) is 17.2. The van der Waals surface area contributed by atoms with Crippen LogP contribution in [0, 0.1) is 0 Å². The quantitative estimate of drug-likeness (QED) is 0.745. The molecular formula is C12H24ClN3O2. The smallest absolute Gasteiger partial charge is 0.239 e. The number of nitrogens with zero attached hydrogens (tertiary/aromatic N) is 1. The third-order valence-corrected chi connectivity index (χ3v) is 3.04. The second-order valence-electron chi connectivity index (χ2n) is 4.49. The van der Waals surface area contributed by atoms with Crippen LogP contribution in [0.4, 0.5) is 0 Å². The van der Waals surface area contributed by atoms with Gasteiger partial charge in [-0.25, -0.2) is 0 Å². The van der Waals surface area contributed by atoms with Crippen LogP contribution in [-0.4, -0.2) is 49.4 Å². The molecule has 0 aromatic rings. The number of carbonyl (C=O) groups excluding carboxylic acids is 2. The van der Waals surface area contributed by atoms with Crippen molar-refractivity contribution in [3.05, 3.63) is 0 Å². The number of likely N-dealkylation sites (N-methyl/N-ethyl adjacent to an activating group) is 1. The molecule has 1 aliphatic heterocycles. The molecule has 0 aliphatic carbocycles. The molecule has 1 atom stereocenters. The highest BCUT2D eigenvalue weighted by atomic mass is 35.5. The summed E-state index contributed by atoms with van der Waals surface area (Å²) in [5.41, 5.74) is 0. The van der Waals surface area contributed by atoms with Crippen molar-refractivity contribution >= 4 is 24.2 Å². The summed E-state index contributed by atoms with van der Waals surface area (Å²) in [5, 5.41) is 5.86. The van der Waals surface area contributed by atoms with Gasteiger partial charge in [0, 0.05) is 26.1 Å². The summed E-state index contributed by atoms with van der Waals surface area (Å²) < 4.78 is 0. The molecule has 5 nitrogen and oxygen atoms in total. The third-order valence-electron chi connectivity index (χ3n) is 3.04. The lowest BCUT2D eigenvalue weighted by Crippen LogP contribution is -2.42. The first-order valence-corrected chi connectivity index (χ1v) is 6.39. The van der Waals surface area contributed by atoms with Crippen LogP contribution in [0.25, 0.3) is 0 Å². The summed E-state index contributed by atoms with van der Waals surface area (Å²) in [5.74, 6) is -0.0268. The molecule has 1 aliphatic rings. The predicted octanol–water partition coefficient (Wildman–Crippen LogP) is 0.535. The summed E-state index contributed by atoms with van der Waals surface area (Å²) in [6, 6.07) is 0.298. The average Bonchev–Trinajstić information content (AvgIpc) is 2.81. The van der Waals surface area contributed by atoms with Crippen molar-refractivity contribution in [1.29, 1.82) is 0 Å². The van der Waals surface area contributed by atoms with E-state index in [0.717, 1.165) is 25.8 Å². The van der Waals surface area contributed by atoms with Gasteiger partial charge in [0.1, 0.15) is 0 Å². The average molecular weight is 278 g/mol. The van der Waals surface area contributed by atoms with Gasteiger partial charge in [-0.1, -0.05) is 6.92 Å². The van der Waals surface area contributed by atoms with Gasteiger partial charge < -0.3 is 15.5 Å². The fourth-order valence-electron chi connectivity index (χ4n) is 2.09. The van der Waals surface area contributed by atoms with Gasteiger partial charge in [-0.2, -0.15) is 0 Å². The Hall–Kier alpha value is -0.810. The minimum Gasteiger partial charge on any atom is -0.358 e. The van der Waals surface area contributed by atoms with Crippen molar-refractivity contribution in [2.75, 3.05) is 26.7 Å². The van der Waals surface area contributed by atoms with E-state index in [4.69, 9.17) is 0 Å². The minimum atomic E-state index is -0.105. The first-order chi connectivity index (χ1) is 8.17. The predicted molar refractivity (Wildman–Crippen MR) is 73.8 cm³/mol. The van der Waals surface area contributed by atoms with E-state index < -0.39 is 0 Å². The zero-order valence-corrected chi connectivity index (χ0v) is 12.0. The van der Waals surface area contributed by atoms with Crippen LogP contribution < -0.4 is 10.6 Å². The van der Waals surface area contributed by atoms with Crippen molar-refractivity contribution in [2.24, 2.45) is 0 Å². The van der Waals surface area contributed by atoms with Crippen molar-refractivity contribution in [1.82, 2.24) is 15.5 Å². The highest BCUT2D eigenvalue weighted by Crippen LogP contribution is 2.10. The molecular weight excluding hydrogens is 254 g/mol. The van der Waals surface area contributed by atoms with E-state index in [2.05, 4.69) is 10.6 Å². The maximum Gasteiger partial charge on any atom is 0.239 e. The summed E-state index contributed by atoms with van der Waals surface area (Å²) in [4.78, 5) is 25.0. The molecule has 0 aromatic heterocycles. The molecule has 1 heterocycles. The molecule has 0 saturated carbocycles. The monoisotopic (exact) mass is 277 g/mol. The third kappa shape index (κ3) is 5.69. The molecule has 0 spiro atoms. The van der Waals surface area contributed by atoms with Gasteiger partial charge in [0.05, 0.1) is 6.54 Å². The Kier molecular flexibility index (Phi) is 8.75. The van der Waals surface area contributed by atoms with E-state index in [0.29, 0.717) is 19.0 Å². The Balaban J connectivity index is 0.00000289. The van der Waals surface area contributed by atoms with E-state index >= 15 is 0 Å². The second-order valence-corrected chi connectivity index (χ2v) is 4.49. The summed E-state index contributed by atoms with van der Waals surface area (Å²) in [6.07, 6.45) is 3.59. The molecule has 0 bridgehead atoms. The van der Waals surface area contributed by atoms with Crippen LogP contribution in [-0.2, 0) is 9.59 Å². The van der Waals surface area contributed by atoms with Crippen molar-refractivity contribution in [2.45, 2.75) is 38.6 Å². The largest absolute Gasteiger partial charge is 0.358 e. The molecule has 2 amide bonds. The molecule has 1 unspecified atom stereocenters. The fourth-order valence-corrected chi connectivity index (χ4v) is 2.09. The van der Waals surface area contributed by atoms with Crippen LogP contribution in [0.2, 0.25) is 0 Å². The van der Waals surface area contributed by atoms with Crippen molar-refractivity contribution in [3.8, 4) is 0 Å². The standard InChI is InChI=1S/C12H23N3O2.ClH/c1-3-7-15(9-11(16)13-2)12(17)8-10-5-4-6-14-10;/h10,14H,3-9H2,1-2H3,(H,13,16);1H. The Morgan fingerprint density at radius 3 is 2.67 bits per heavy atom. The van der Waals surface area contributed by atoms with Gasteiger partial charge in [0.25, 0.3) is 0 Å². The zero-order valence-electron chi connectivity index (χ0n) is 11.2. The molecule has 1 fully saturated rings. The van der Waals surface area contributed by atoms with Gasteiger partial charge in [-0.15, -0.1) is 12.4 Å². The Morgan fingerprint density at radius 2 is 2.17 bits per heavy atom. The highest BCUT2D eigenvalue weighted by molar-refractivity contribution is 5.85. The normalized spacial score (nSPS) is 18.0. The molecule has 6 heteroatoms.